The number of hydrogen-bond donors (Lipinski definition) is 2. The normalized spacial score (nSPS) is 15.7. The lowest BCUT2D eigenvalue weighted by Crippen LogP contribution is -2.37. The molecule has 0 saturated carbocycles. The first kappa shape index (κ1) is 24.1. The number of ether oxygens (including phenoxy) is 1. The van der Waals surface area contributed by atoms with Gasteiger partial charge in [0.25, 0.3) is 5.91 Å². The number of nitrogens with one attached hydrogen (secondary N) is 1. The summed E-state index contributed by atoms with van der Waals surface area (Å²) in [5.41, 5.74) is 9.33. The first-order chi connectivity index (χ1) is 17.3. The smallest absolute Gasteiger partial charge is 0.251 e. The second-order valence-corrected chi connectivity index (χ2v) is 9.24. The summed E-state index contributed by atoms with van der Waals surface area (Å²) < 4.78 is 36.5. The van der Waals surface area contributed by atoms with E-state index in [1.165, 1.54) is 0 Å². The number of benzene rings is 2. The molecule has 0 spiro atoms. The molecule has 2 aliphatic heterocycles. The highest BCUT2D eigenvalue weighted by molar-refractivity contribution is 5.97. The summed E-state index contributed by atoms with van der Waals surface area (Å²) in [6.45, 7) is 3.28. The maximum atomic E-state index is 16.0. The maximum Gasteiger partial charge on any atom is 0.251 e. The van der Waals surface area contributed by atoms with Gasteiger partial charge in [0.1, 0.15) is 17.2 Å². The number of fused-ring (bicyclic) bond motifs is 1. The number of amides is 1. The lowest BCUT2D eigenvalue weighted by Gasteiger charge is -2.31. The average molecular weight is 495 g/mol. The van der Waals surface area contributed by atoms with Crippen molar-refractivity contribution in [3.05, 3.63) is 58.8 Å². The van der Waals surface area contributed by atoms with Crippen molar-refractivity contribution >= 4 is 17.4 Å². The molecule has 3 aromatic rings. The molecule has 8 nitrogen and oxygen atoms in total. The fourth-order valence-electron chi connectivity index (χ4n) is 4.75. The molecule has 1 amide bonds. The average Bonchev–Trinajstić information content (AvgIpc) is 2.86. The van der Waals surface area contributed by atoms with Gasteiger partial charge in [-0.2, -0.15) is 9.37 Å². The Morgan fingerprint density at radius 1 is 1.08 bits per heavy atom. The van der Waals surface area contributed by atoms with E-state index in [4.69, 9.17) is 10.5 Å². The van der Waals surface area contributed by atoms with E-state index in [2.05, 4.69) is 20.2 Å². The van der Waals surface area contributed by atoms with Crippen LogP contribution < -0.4 is 16.0 Å². The van der Waals surface area contributed by atoms with Crippen molar-refractivity contribution < 1.29 is 18.3 Å². The van der Waals surface area contributed by atoms with Crippen molar-refractivity contribution in [1.29, 1.82) is 0 Å². The van der Waals surface area contributed by atoms with Gasteiger partial charge in [-0.15, -0.1) is 0 Å². The first-order valence-electron chi connectivity index (χ1n) is 11.9. The number of hydrogen-bond acceptors (Lipinski definition) is 7. The Morgan fingerprint density at radius 3 is 2.58 bits per heavy atom. The molecule has 188 valence electrons. The quantitative estimate of drug-likeness (QED) is 0.563. The Hall–Kier alpha value is -3.63. The molecule has 2 aliphatic rings. The molecule has 5 rings (SSSR count). The second-order valence-electron chi connectivity index (χ2n) is 9.24. The lowest BCUT2D eigenvalue weighted by atomic mass is 9.96. The summed E-state index contributed by atoms with van der Waals surface area (Å²) in [6.07, 6.45) is 0.655. The predicted octanol–water partition coefficient (Wildman–Crippen LogP) is 2.86. The number of nitrogen functional groups attached to an aromatic ring is 1. The second kappa shape index (κ2) is 9.79. The molecule has 3 N–H and O–H groups in total. The fourth-order valence-corrected chi connectivity index (χ4v) is 4.75. The van der Waals surface area contributed by atoms with Gasteiger partial charge in [0.2, 0.25) is 5.95 Å². The van der Waals surface area contributed by atoms with E-state index in [1.54, 1.807) is 24.3 Å². The SMILES string of the molecule is CN(C)Cc1c(N2CCOCC2)ccc(-c2nc(-c3ccc4c(c3)CCNC4=O)c(N)nc2F)c1F. The summed E-state index contributed by atoms with van der Waals surface area (Å²) in [5, 5.41) is 2.80. The number of morpholine rings is 1. The molecule has 0 atom stereocenters. The van der Waals surface area contributed by atoms with Crippen molar-refractivity contribution in [3.63, 3.8) is 0 Å². The van der Waals surface area contributed by atoms with Gasteiger partial charge in [0, 0.05) is 54.1 Å². The number of carbonyl (C=O) groups is 1. The summed E-state index contributed by atoms with van der Waals surface area (Å²) in [6, 6.07) is 8.55. The van der Waals surface area contributed by atoms with Crippen LogP contribution in [0, 0.1) is 11.8 Å². The molecule has 3 heterocycles. The number of rotatable bonds is 5. The minimum atomic E-state index is -0.942. The standard InChI is InChI=1S/C26H28F2N6O2/c1-33(2)14-19-20(34-9-11-36-12-10-34)6-5-18(21(19)27)23-24(28)32-25(29)22(31-23)16-3-4-17-15(13-16)7-8-30-26(17)35/h3-6,13H,7-12,14H2,1-2H3,(H2,29,32)(H,30,35). The summed E-state index contributed by atoms with van der Waals surface area (Å²) in [7, 11) is 3.71. The van der Waals surface area contributed by atoms with Crippen LogP contribution in [0.3, 0.4) is 0 Å². The zero-order valence-electron chi connectivity index (χ0n) is 20.3. The number of anilines is 2. The van der Waals surface area contributed by atoms with E-state index in [-0.39, 0.29) is 28.7 Å². The zero-order chi connectivity index (χ0) is 25.4. The molecule has 1 saturated heterocycles. The number of carbonyl (C=O) groups excluding carboxylic acids is 1. The monoisotopic (exact) mass is 494 g/mol. The van der Waals surface area contributed by atoms with Crippen LogP contribution in [0.2, 0.25) is 0 Å². The van der Waals surface area contributed by atoms with Gasteiger partial charge in [-0.1, -0.05) is 6.07 Å². The van der Waals surface area contributed by atoms with Crippen LogP contribution in [0.15, 0.2) is 30.3 Å². The Labute approximate surface area is 208 Å². The summed E-state index contributed by atoms with van der Waals surface area (Å²) >= 11 is 0. The molecule has 0 bridgehead atoms. The van der Waals surface area contributed by atoms with E-state index in [0.717, 1.165) is 11.3 Å². The van der Waals surface area contributed by atoms with Gasteiger partial charge in [0.05, 0.1) is 13.2 Å². The van der Waals surface area contributed by atoms with Gasteiger partial charge in [0.15, 0.2) is 5.82 Å². The highest BCUT2D eigenvalue weighted by Gasteiger charge is 2.25. The van der Waals surface area contributed by atoms with Crippen LogP contribution in [0.1, 0.15) is 21.5 Å². The molecule has 2 aromatic carbocycles. The third kappa shape index (κ3) is 4.49. The molecule has 0 unspecified atom stereocenters. The van der Waals surface area contributed by atoms with Crippen molar-refractivity contribution in [2.45, 2.75) is 13.0 Å². The largest absolute Gasteiger partial charge is 0.382 e. The third-order valence-corrected chi connectivity index (χ3v) is 6.48. The summed E-state index contributed by atoms with van der Waals surface area (Å²) in [5.74, 6) is -1.73. The van der Waals surface area contributed by atoms with Crippen molar-refractivity contribution in [1.82, 2.24) is 20.2 Å². The highest BCUT2D eigenvalue weighted by Crippen LogP contribution is 2.35. The van der Waals surface area contributed by atoms with Gasteiger partial charge in [-0.25, -0.2) is 9.37 Å². The zero-order valence-corrected chi connectivity index (χ0v) is 20.3. The van der Waals surface area contributed by atoms with Gasteiger partial charge in [-0.05, 0) is 50.3 Å². The van der Waals surface area contributed by atoms with Crippen molar-refractivity contribution in [2.75, 3.05) is 57.6 Å². The van der Waals surface area contributed by atoms with Gasteiger partial charge >= 0.3 is 0 Å². The Morgan fingerprint density at radius 2 is 1.83 bits per heavy atom. The molecular weight excluding hydrogens is 466 g/mol. The van der Waals surface area contributed by atoms with Crippen molar-refractivity contribution in [3.8, 4) is 22.5 Å². The Balaban J connectivity index is 1.61. The Kier molecular flexibility index (Phi) is 6.55. The molecule has 0 radical (unpaired) electrons. The van der Waals surface area contributed by atoms with Crippen molar-refractivity contribution in [2.24, 2.45) is 0 Å². The van der Waals surface area contributed by atoms with E-state index < -0.39 is 11.8 Å². The van der Waals surface area contributed by atoms with Gasteiger partial charge < -0.3 is 25.6 Å². The van der Waals surface area contributed by atoms with E-state index >= 15 is 8.78 Å². The van der Waals surface area contributed by atoms with E-state index in [1.807, 2.05) is 25.1 Å². The molecule has 10 heteroatoms. The number of nitrogens with two attached hydrogens (primary N) is 1. The minimum absolute atomic E-state index is 0.0208. The molecule has 1 fully saturated rings. The van der Waals surface area contributed by atoms with Crippen LogP contribution in [-0.4, -0.2) is 67.7 Å². The fraction of sp³-hybridized carbons (Fsp3) is 0.346. The molecule has 1 aromatic heterocycles. The number of aromatic nitrogens is 2. The maximum absolute atomic E-state index is 16.0. The van der Waals surface area contributed by atoms with E-state index in [0.29, 0.717) is 62.5 Å². The highest BCUT2D eigenvalue weighted by atomic mass is 19.1. The topological polar surface area (TPSA) is 96.6 Å². The molecular formula is C26H28F2N6O2. The molecule has 0 aliphatic carbocycles. The third-order valence-electron chi connectivity index (χ3n) is 6.48. The molecule has 36 heavy (non-hydrogen) atoms. The number of halogens is 2. The Bertz CT molecular complexity index is 1320. The van der Waals surface area contributed by atoms with Crippen LogP contribution >= 0.6 is 0 Å². The van der Waals surface area contributed by atoms with Crippen LogP contribution in [-0.2, 0) is 17.7 Å². The summed E-state index contributed by atoms with van der Waals surface area (Å²) in [4.78, 5) is 24.4. The predicted molar refractivity (Wildman–Crippen MR) is 134 cm³/mol. The van der Waals surface area contributed by atoms with Crippen LogP contribution in [0.4, 0.5) is 20.3 Å². The number of nitrogens with zero attached hydrogens (tertiary/aromatic N) is 4. The van der Waals surface area contributed by atoms with Crippen LogP contribution in [0.25, 0.3) is 22.5 Å². The van der Waals surface area contributed by atoms with Crippen LogP contribution in [0.5, 0.6) is 0 Å². The lowest BCUT2D eigenvalue weighted by molar-refractivity contribution is 0.0946. The van der Waals surface area contributed by atoms with Gasteiger partial charge in [-0.3, -0.25) is 4.79 Å². The van der Waals surface area contributed by atoms with E-state index in [9.17, 15) is 4.79 Å². The minimum Gasteiger partial charge on any atom is -0.382 e. The first-order valence-corrected chi connectivity index (χ1v) is 11.9.